The molecule has 0 aromatic heterocycles. The van der Waals surface area contributed by atoms with Gasteiger partial charge in [-0.1, -0.05) is 6.07 Å². The second-order valence-corrected chi connectivity index (χ2v) is 7.95. The van der Waals surface area contributed by atoms with Crippen molar-refractivity contribution in [3.63, 3.8) is 0 Å². The first-order chi connectivity index (χ1) is 12.9. The summed E-state index contributed by atoms with van der Waals surface area (Å²) < 4.78 is 13.5. The highest BCUT2D eigenvalue weighted by molar-refractivity contribution is 5.79. The maximum atomic E-state index is 13.5. The number of amides is 2. The van der Waals surface area contributed by atoms with E-state index in [1.165, 1.54) is 17.0 Å². The summed E-state index contributed by atoms with van der Waals surface area (Å²) in [5.74, 6) is -0.0346. The van der Waals surface area contributed by atoms with Gasteiger partial charge in [0.1, 0.15) is 5.82 Å². The van der Waals surface area contributed by atoms with Crippen molar-refractivity contribution in [2.45, 2.75) is 50.7 Å². The average molecular weight is 375 g/mol. The average Bonchev–Trinajstić information content (AvgIpc) is 3.01. The Bertz CT molecular complexity index is 756. The van der Waals surface area contributed by atoms with Crippen LogP contribution in [0.2, 0.25) is 0 Å². The molecule has 7 heteroatoms. The van der Waals surface area contributed by atoms with Crippen molar-refractivity contribution in [3.05, 3.63) is 35.1 Å². The lowest BCUT2D eigenvalue weighted by molar-refractivity contribution is -0.131. The Kier molecular flexibility index (Phi) is 4.80. The fraction of sp³-hybridized carbons (Fsp3) is 0.600. The molecule has 0 bridgehead atoms. The smallest absolute Gasteiger partial charge is 0.407 e. The highest BCUT2D eigenvalue weighted by Crippen LogP contribution is 2.36. The second-order valence-electron chi connectivity index (χ2n) is 7.95. The molecule has 0 radical (unpaired) electrons. The highest BCUT2D eigenvalue weighted by atomic mass is 19.1. The van der Waals surface area contributed by atoms with Crippen LogP contribution in [-0.2, 0) is 4.79 Å². The number of likely N-dealkylation sites (tertiary alicyclic amines) is 1. The number of hydrogen-bond acceptors (Lipinski definition) is 3. The molecule has 146 valence electrons. The highest BCUT2D eigenvalue weighted by Gasteiger charge is 2.41. The van der Waals surface area contributed by atoms with Gasteiger partial charge in [-0.25, -0.2) is 9.18 Å². The maximum Gasteiger partial charge on any atom is 0.407 e. The molecular formula is C20H26FN3O3. The van der Waals surface area contributed by atoms with Gasteiger partial charge in [-0.05, 0) is 49.4 Å². The van der Waals surface area contributed by atoms with Crippen molar-refractivity contribution in [1.29, 1.82) is 0 Å². The van der Waals surface area contributed by atoms with Crippen LogP contribution in [0.3, 0.4) is 0 Å². The van der Waals surface area contributed by atoms with Gasteiger partial charge < -0.3 is 14.9 Å². The molecule has 4 rings (SSSR count). The van der Waals surface area contributed by atoms with E-state index in [0.717, 1.165) is 43.6 Å². The zero-order valence-electron chi connectivity index (χ0n) is 15.6. The van der Waals surface area contributed by atoms with Crippen LogP contribution >= 0.6 is 0 Å². The van der Waals surface area contributed by atoms with E-state index in [1.807, 2.05) is 11.8 Å². The summed E-state index contributed by atoms with van der Waals surface area (Å²) >= 11 is 0. The molecule has 3 aliphatic heterocycles. The number of piperidine rings is 1. The van der Waals surface area contributed by atoms with Crippen molar-refractivity contribution in [2.75, 3.05) is 26.2 Å². The summed E-state index contributed by atoms with van der Waals surface area (Å²) in [5.41, 5.74) is 1.68. The molecule has 2 amide bonds. The van der Waals surface area contributed by atoms with Crippen LogP contribution in [0.25, 0.3) is 0 Å². The third-order valence-electron chi connectivity index (χ3n) is 6.45. The Morgan fingerprint density at radius 1 is 1.19 bits per heavy atom. The maximum absolute atomic E-state index is 13.5. The zero-order chi connectivity index (χ0) is 19.1. The van der Waals surface area contributed by atoms with E-state index in [0.29, 0.717) is 25.4 Å². The monoisotopic (exact) mass is 375 g/mol. The first kappa shape index (κ1) is 18.2. The summed E-state index contributed by atoms with van der Waals surface area (Å²) in [5, 5.41) is 9.66. The van der Waals surface area contributed by atoms with E-state index in [9.17, 15) is 19.1 Å². The van der Waals surface area contributed by atoms with Gasteiger partial charge in [0, 0.05) is 44.7 Å². The number of benzene rings is 1. The van der Waals surface area contributed by atoms with Crippen LogP contribution in [0.4, 0.5) is 9.18 Å². The first-order valence-corrected chi connectivity index (χ1v) is 9.73. The number of piperazine rings is 1. The van der Waals surface area contributed by atoms with Crippen molar-refractivity contribution >= 4 is 12.0 Å². The van der Waals surface area contributed by atoms with Crippen LogP contribution in [-0.4, -0.2) is 70.1 Å². The Balaban J connectivity index is 1.53. The number of hydrogen-bond donors (Lipinski definition) is 1. The fourth-order valence-corrected chi connectivity index (χ4v) is 5.04. The molecule has 3 saturated heterocycles. The third-order valence-corrected chi connectivity index (χ3v) is 6.45. The van der Waals surface area contributed by atoms with E-state index in [1.54, 1.807) is 6.07 Å². The largest absolute Gasteiger partial charge is 0.465 e. The van der Waals surface area contributed by atoms with Gasteiger partial charge in [-0.3, -0.25) is 9.69 Å². The predicted molar refractivity (Wildman–Crippen MR) is 97.9 cm³/mol. The Hall–Kier alpha value is -2.15. The van der Waals surface area contributed by atoms with E-state index < -0.39 is 6.09 Å². The van der Waals surface area contributed by atoms with Crippen molar-refractivity contribution in [1.82, 2.24) is 14.7 Å². The minimum Gasteiger partial charge on any atom is -0.465 e. The molecule has 6 nitrogen and oxygen atoms in total. The summed E-state index contributed by atoms with van der Waals surface area (Å²) in [6.45, 7) is 4.80. The molecule has 0 saturated carbocycles. The van der Waals surface area contributed by atoms with Gasteiger partial charge in [-0.15, -0.1) is 0 Å². The van der Waals surface area contributed by atoms with Crippen LogP contribution in [0.5, 0.6) is 0 Å². The van der Waals surface area contributed by atoms with Gasteiger partial charge >= 0.3 is 6.09 Å². The van der Waals surface area contributed by atoms with Crippen molar-refractivity contribution < 1.29 is 19.1 Å². The molecule has 3 heterocycles. The SMILES string of the molecule is Cc1cc(F)ccc1[C@H]1C[C@H](N2CCN3C(=O)CC[C@@H]3C2)CCN1C(=O)O. The third kappa shape index (κ3) is 3.40. The normalized spacial score (nSPS) is 29.1. The molecule has 27 heavy (non-hydrogen) atoms. The van der Waals surface area contributed by atoms with Gasteiger partial charge in [0.05, 0.1) is 6.04 Å². The van der Waals surface area contributed by atoms with E-state index >= 15 is 0 Å². The number of fused-ring (bicyclic) bond motifs is 1. The number of carbonyl (C=O) groups is 2. The predicted octanol–water partition coefficient (Wildman–Crippen LogP) is 2.62. The zero-order valence-corrected chi connectivity index (χ0v) is 15.6. The molecule has 0 spiro atoms. The lowest BCUT2D eigenvalue weighted by Crippen LogP contribution is -2.57. The van der Waals surface area contributed by atoms with Crippen LogP contribution in [0, 0.1) is 12.7 Å². The van der Waals surface area contributed by atoms with Crippen LogP contribution in [0.15, 0.2) is 18.2 Å². The summed E-state index contributed by atoms with van der Waals surface area (Å²) in [4.78, 5) is 29.6. The number of carboxylic acid groups (broad SMARTS) is 1. The van der Waals surface area contributed by atoms with Crippen LogP contribution in [0.1, 0.15) is 42.9 Å². The molecule has 3 aliphatic rings. The molecule has 0 aliphatic carbocycles. The molecule has 1 aromatic carbocycles. The van der Waals surface area contributed by atoms with E-state index in [-0.39, 0.29) is 23.8 Å². The quantitative estimate of drug-likeness (QED) is 0.863. The molecule has 1 N–H and O–H groups in total. The molecular weight excluding hydrogens is 349 g/mol. The van der Waals surface area contributed by atoms with Gasteiger partial charge in [0.2, 0.25) is 5.91 Å². The lowest BCUT2D eigenvalue weighted by atomic mass is 9.88. The van der Waals surface area contributed by atoms with E-state index in [2.05, 4.69) is 4.90 Å². The van der Waals surface area contributed by atoms with E-state index in [4.69, 9.17) is 0 Å². The topological polar surface area (TPSA) is 64.1 Å². The van der Waals surface area contributed by atoms with Gasteiger partial charge in [-0.2, -0.15) is 0 Å². The fourth-order valence-electron chi connectivity index (χ4n) is 5.04. The molecule has 1 aromatic rings. The number of halogens is 1. The number of aryl methyl sites for hydroxylation is 1. The van der Waals surface area contributed by atoms with Gasteiger partial charge in [0.15, 0.2) is 0 Å². The first-order valence-electron chi connectivity index (χ1n) is 9.73. The summed E-state index contributed by atoms with van der Waals surface area (Å²) in [6.07, 6.45) is 2.15. The standard InChI is InChI=1S/C20H26FN3O3/c1-13-10-14(21)2-4-17(13)18-11-15(6-7-24(18)20(26)27)22-8-9-23-16(12-22)3-5-19(23)25/h2,4,10,15-16,18H,3,5-9,11-12H2,1H3,(H,26,27)/t15-,16-,18-/m1/s1. The second kappa shape index (κ2) is 7.11. The Morgan fingerprint density at radius 3 is 2.74 bits per heavy atom. The number of carbonyl (C=O) groups excluding carboxylic acids is 1. The molecule has 3 fully saturated rings. The molecule has 0 unspecified atom stereocenters. The minimum atomic E-state index is -0.923. The Morgan fingerprint density at radius 2 is 2.00 bits per heavy atom. The number of nitrogens with zero attached hydrogens (tertiary/aromatic N) is 3. The minimum absolute atomic E-state index is 0.259. The van der Waals surface area contributed by atoms with Crippen LogP contribution < -0.4 is 0 Å². The summed E-state index contributed by atoms with van der Waals surface area (Å²) in [7, 11) is 0. The molecule has 3 atom stereocenters. The van der Waals surface area contributed by atoms with Crippen molar-refractivity contribution in [3.8, 4) is 0 Å². The summed E-state index contributed by atoms with van der Waals surface area (Å²) in [6, 6.07) is 4.94. The van der Waals surface area contributed by atoms with Gasteiger partial charge in [0.25, 0.3) is 0 Å². The lowest BCUT2D eigenvalue weighted by Gasteiger charge is -2.46. The Labute approximate surface area is 158 Å². The number of rotatable bonds is 2. The van der Waals surface area contributed by atoms with Crippen molar-refractivity contribution in [2.24, 2.45) is 0 Å².